The van der Waals surface area contributed by atoms with Gasteiger partial charge in [0.1, 0.15) is 23.0 Å². The summed E-state index contributed by atoms with van der Waals surface area (Å²) in [5, 5.41) is 36.0. The Labute approximate surface area is 315 Å². The maximum atomic E-state index is 13.3. The third-order valence-electron chi connectivity index (χ3n) is 9.58. The number of carbonyl (C=O) groups excluding carboxylic acids is 3. The second-order valence-electron chi connectivity index (χ2n) is 13.1. The summed E-state index contributed by atoms with van der Waals surface area (Å²) in [5.74, 6) is 1.01. The minimum absolute atomic E-state index is 0.0108. The molecule has 2 fully saturated rings. The standard InChI is InChI=1S/C37H41N5O9S2/c43-22-6-9-26-29(18-22)50-30-19-23(44)7-10-27(30)37(26)25-8-5-21(17-24(25)34(46)51-37)40-36(52)39-12-14-49-16-15-48-13-11-38-32(45)4-2-1-3-31-33-28(20-53-31)41-35(47)42-33/h5-10,17-19,28,31,33,43-44H,1-4,11-16,20H2,(H,38,45)(H2,39,40,52)(H2,41,42,47)/t28-,31-,33-/m0/s1. The molecule has 53 heavy (non-hydrogen) atoms. The predicted molar refractivity (Wildman–Crippen MR) is 201 cm³/mol. The van der Waals surface area contributed by atoms with E-state index in [1.165, 1.54) is 24.3 Å². The number of hydrogen-bond acceptors (Lipinski definition) is 11. The van der Waals surface area contributed by atoms with Crippen LogP contribution in [0.2, 0.25) is 0 Å². The molecule has 0 aromatic heterocycles. The van der Waals surface area contributed by atoms with Gasteiger partial charge in [-0.25, -0.2) is 9.59 Å². The first-order valence-electron chi connectivity index (χ1n) is 17.6. The van der Waals surface area contributed by atoms with Gasteiger partial charge in [0.2, 0.25) is 5.91 Å². The van der Waals surface area contributed by atoms with Gasteiger partial charge in [-0.15, -0.1) is 0 Å². The first kappa shape index (κ1) is 36.6. The molecule has 3 aromatic carbocycles. The zero-order chi connectivity index (χ0) is 37.0. The van der Waals surface area contributed by atoms with E-state index in [0.29, 0.717) is 95.7 Å². The number of carbonyl (C=O) groups is 3. The highest BCUT2D eigenvalue weighted by molar-refractivity contribution is 8.00. The molecule has 3 atom stereocenters. The van der Waals surface area contributed by atoms with Gasteiger partial charge in [-0.1, -0.05) is 12.5 Å². The molecule has 280 valence electrons. The quantitative estimate of drug-likeness (QED) is 0.0513. The van der Waals surface area contributed by atoms with E-state index in [0.717, 1.165) is 25.0 Å². The van der Waals surface area contributed by atoms with Crippen molar-refractivity contribution in [3.63, 3.8) is 0 Å². The number of thioether (sulfide) groups is 1. The van der Waals surface area contributed by atoms with Crippen LogP contribution in [0, 0.1) is 0 Å². The Morgan fingerprint density at radius 3 is 2.28 bits per heavy atom. The number of phenolic OH excluding ortho intramolecular Hbond substituents is 2. The van der Waals surface area contributed by atoms with Gasteiger partial charge in [0.05, 0.1) is 44.1 Å². The average Bonchev–Trinajstić information content (AvgIpc) is 3.77. The Balaban J connectivity index is 0.782. The highest BCUT2D eigenvalue weighted by atomic mass is 32.2. The molecule has 0 saturated carbocycles. The molecule has 3 amide bonds. The Morgan fingerprint density at radius 2 is 1.57 bits per heavy atom. The third-order valence-corrected chi connectivity index (χ3v) is 11.3. The molecule has 2 saturated heterocycles. The highest BCUT2D eigenvalue weighted by Crippen LogP contribution is 2.57. The van der Waals surface area contributed by atoms with Crippen LogP contribution in [0.5, 0.6) is 23.0 Å². The Morgan fingerprint density at radius 1 is 0.887 bits per heavy atom. The van der Waals surface area contributed by atoms with E-state index in [4.69, 9.17) is 31.2 Å². The minimum Gasteiger partial charge on any atom is -0.508 e. The number of hydrogen-bond donors (Lipinski definition) is 7. The van der Waals surface area contributed by atoms with Crippen molar-refractivity contribution in [2.24, 2.45) is 0 Å². The summed E-state index contributed by atoms with van der Waals surface area (Å²) in [6, 6.07) is 14.8. The topological polar surface area (TPSA) is 189 Å². The lowest BCUT2D eigenvalue weighted by Gasteiger charge is -2.36. The molecule has 4 aliphatic rings. The van der Waals surface area contributed by atoms with Crippen molar-refractivity contribution in [3.8, 4) is 23.0 Å². The van der Waals surface area contributed by atoms with Gasteiger partial charge in [-0.3, -0.25) is 4.79 Å². The third kappa shape index (κ3) is 7.95. The molecule has 7 N–H and O–H groups in total. The molecule has 0 bridgehead atoms. The Hall–Kier alpha value is -4.77. The Bertz CT molecular complexity index is 1840. The molecule has 4 heterocycles. The summed E-state index contributed by atoms with van der Waals surface area (Å²) >= 11 is 7.34. The number of urea groups is 1. The van der Waals surface area contributed by atoms with E-state index in [-0.39, 0.29) is 35.5 Å². The number of unbranched alkanes of at least 4 members (excludes halogenated alkanes) is 1. The number of anilines is 1. The number of aromatic hydroxyl groups is 2. The summed E-state index contributed by atoms with van der Waals surface area (Å²) in [6.45, 7) is 2.43. The zero-order valence-electron chi connectivity index (χ0n) is 28.8. The largest absolute Gasteiger partial charge is 0.508 e. The van der Waals surface area contributed by atoms with Gasteiger partial charge in [-0.05, 0) is 61.5 Å². The van der Waals surface area contributed by atoms with Crippen LogP contribution in [0.4, 0.5) is 10.5 Å². The molecule has 4 aliphatic heterocycles. The fourth-order valence-corrected chi connectivity index (χ4v) is 8.91. The van der Waals surface area contributed by atoms with Crippen LogP contribution >= 0.6 is 24.0 Å². The van der Waals surface area contributed by atoms with Crippen LogP contribution in [0.15, 0.2) is 54.6 Å². The second-order valence-corrected chi connectivity index (χ2v) is 14.8. The zero-order valence-corrected chi connectivity index (χ0v) is 30.4. The van der Waals surface area contributed by atoms with E-state index >= 15 is 0 Å². The van der Waals surface area contributed by atoms with Gasteiger partial charge in [-0.2, -0.15) is 11.8 Å². The van der Waals surface area contributed by atoms with Crippen molar-refractivity contribution in [1.29, 1.82) is 0 Å². The minimum atomic E-state index is -1.33. The summed E-state index contributed by atoms with van der Waals surface area (Å²) in [5.41, 5.74) is 1.28. The SMILES string of the molecule is O=C(CCCC[C@@H]1SC[C@@H]2NC(=O)N[C@@H]21)NCCOCCOCCNC(=S)Nc1ccc2c(c1)C(=O)OC21c2ccc(O)cc2Oc2cc(O)ccc21. The molecule has 0 radical (unpaired) electrons. The smallest absolute Gasteiger partial charge is 0.340 e. The van der Waals surface area contributed by atoms with Gasteiger partial charge in [0.25, 0.3) is 0 Å². The number of ether oxygens (including phenoxy) is 4. The number of benzene rings is 3. The van der Waals surface area contributed by atoms with E-state index < -0.39 is 11.6 Å². The maximum absolute atomic E-state index is 13.3. The lowest BCUT2D eigenvalue weighted by Crippen LogP contribution is -2.36. The summed E-state index contributed by atoms with van der Waals surface area (Å²) < 4.78 is 23.3. The van der Waals surface area contributed by atoms with Crippen LogP contribution in [0.3, 0.4) is 0 Å². The van der Waals surface area contributed by atoms with Gasteiger partial charge in [0, 0.05) is 65.0 Å². The second kappa shape index (κ2) is 16.1. The number of phenols is 2. The van der Waals surface area contributed by atoms with Crippen LogP contribution in [-0.4, -0.2) is 95.8 Å². The highest BCUT2D eigenvalue weighted by Gasteiger charge is 2.53. The van der Waals surface area contributed by atoms with Crippen molar-refractivity contribution in [3.05, 3.63) is 76.9 Å². The molecule has 0 aliphatic carbocycles. The number of thiocarbonyl (C=S) groups is 1. The van der Waals surface area contributed by atoms with Crippen LogP contribution in [-0.2, 0) is 24.6 Å². The first-order valence-corrected chi connectivity index (χ1v) is 19.1. The fourth-order valence-electron chi connectivity index (χ4n) is 7.14. The molecule has 7 rings (SSSR count). The number of nitrogens with one attached hydrogen (secondary N) is 5. The van der Waals surface area contributed by atoms with Crippen molar-refractivity contribution in [2.45, 2.75) is 48.6 Å². The number of rotatable bonds is 15. The van der Waals surface area contributed by atoms with Crippen LogP contribution < -0.4 is 31.3 Å². The van der Waals surface area contributed by atoms with E-state index in [1.807, 2.05) is 11.8 Å². The van der Waals surface area contributed by atoms with Gasteiger partial charge < -0.3 is 55.7 Å². The van der Waals surface area contributed by atoms with Gasteiger partial charge in [0.15, 0.2) is 10.7 Å². The molecule has 1 spiro atoms. The van der Waals surface area contributed by atoms with Crippen LogP contribution in [0.25, 0.3) is 0 Å². The summed E-state index contributed by atoms with van der Waals surface area (Å²) in [7, 11) is 0. The van der Waals surface area contributed by atoms with E-state index in [9.17, 15) is 24.6 Å². The Kier molecular flexibility index (Phi) is 11.1. The number of fused-ring (bicyclic) bond motifs is 7. The van der Waals surface area contributed by atoms with Gasteiger partial charge >= 0.3 is 12.0 Å². The normalized spacial score (nSPS) is 19.9. The van der Waals surface area contributed by atoms with Crippen molar-refractivity contribution < 1.29 is 43.5 Å². The molecule has 3 aromatic rings. The number of amides is 3. The lowest BCUT2D eigenvalue weighted by atomic mass is 9.77. The first-order chi connectivity index (χ1) is 25.7. The number of esters is 1. The maximum Gasteiger partial charge on any atom is 0.340 e. The summed E-state index contributed by atoms with van der Waals surface area (Å²) in [4.78, 5) is 37.0. The van der Waals surface area contributed by atoms with Crippen LogP contribution in [0.1, 0.15) is 52.7 Å². The average molecular weight is 764 g/mol. The molecular weight excluding hydrogens is 723 g/mol. The lowest BCUT2D eigenvalue weighted by molar-refractivity contribution is -0.121. The molecule has 14 nitrogen and oxygen atoms in total. The van der Waals surface area contributed by atoms with E-state index in [1.54, 1.807) is 30.3 Å². The van der Waals surface area contributed by atoms with E-state index in [2.05, 4.69) is 26.6 Å². The van der Waals surface area contributed by atoms with Crippen molar-refractivity contribution >= 4 is 52.7 Å². The fraction of sp³-hybridized carbons (Fsp3) is 0.405. The van der Waals surface area contributed by atoms with Crippen molar-refractivity contribution in [2.75, 3.05) is 50.6 Å². The molecule has 16 heteroatoms. The van der Waals surface area contributed by atoms with Crippen molar-refractivity contribution in [1.82, 2.24) is 21.3 Å². The molecular formula is C37H41N5O9S2. The summed E-state index contributed by atoms with van der Waals surface area (Å²) in [6.07, 6.45) is 3.22. The predicted octanol–water partition coefficient (Wildman–Crippen LogP) is 3.83. The molecule has 0 unspecified atom stereocenters. The monoisotopic (exact) mass is 763 g/mol.